The minimum absolute atomic E-state index is 0.00889. The number of carbonyl (C=O) groups is 1. The van der Waals surface area contributed by atoms with Crippen LogP contribution >= 0.6 is 0 Å². The zero-order chi connectivity index (χ0) is 11.4. The number of allylic oxidation sites excluding steroid dienone is 1. The maximum Gasteiger partial charge on any atom is 0.314 e. The van der Waals surface area contributed by atoms with Crippen molar-refractivity contribution in [2.24, 2.45) is 5.92 Å². The van der Waals surface area contributed by atoms with Gasteiger partial charge in [0.05, 0.1) is 12.8 Å². The standard InChI is InChI=1S/C10H11N3O2/c1-13-4-3-8(10(14)15-2)9(13)7(5-11)6-12/h8H,3-4H2,1-2H3/t8-/m0/s1. The van der Waals surface area contributed by atoms with Crippen molar-refractivity contribution in [3.8, 4) is 12.1 Å². The molecular weight excluding hydrogens is 194 g/mol. The highest BCUT2D eigenvalue weighted by atomic mass is 16.5. The van der Waals surface area contributed by atoms with Crippen LogP contribution in [0.5, 0.6) is 0 Å². The molecule has 0 unspecified atom stereocenters. The van der Waals surface area contributed by atoms with Crippen molar-refractivity contribution >= 4 is 5.97 Å². The molecule has 1 aliphatic rings. The molecule has 5 nitrogen and oxygen atoms in total. The van der Waals surface area contributed by atoms with Crippen molar-refractivity contribution in [3.63, 3.8) is 0 Å². The maximum atomic E-state index is 11.4. The Morgan fingerprint density at radius 2 is 2.13 bits per heavy atom. The lowest BCUT2D eigenvalue weighted by molar-refractivity contribution is -0.143. The largest absolute Gasteiger partial charge is 0.469 e. The molecule has 0 aromatic carbocycles. The van der Waals surface area contributed by atoms with E-state index in [1.54, 1.807) is 24.1 Å². The summed E-state index contributed by atoms with van der Waals surface area (Å²) in [4.78, 5) is 13.2. The number of nitrogens with zero attached hydrogens (tertiary/aromatic N) is 3. The molecule has 0 aromatic heterocycles. The Balaban J connectivity index is 3.14. The topological polar surface area (TPSA) is 77.1 Å². The van der Waals surface area contributed by atoms with Gasteiger partial charge in [0.15, 0.2) is 0 Å². The molecule has 0 saturated carbocycles. The average molecular weight is 205 g/mol. The van der Waals surface area contributed by atoms with Crippen LogP contribution < -0.4 is 0 Å². The zero-order valence-corrected chi connectivity index (χ0v) is 8.65. The van der Waals surface area contributed by atoms with Gasteiger partial charge in [-0.2, -0.15) is 10.5 Å². The van der Waals surface area contributed by atoms with Crippen molar-refractivity contribution in [1.82, 2.24) is 4.90 Å². The molecule has 0 amide bonds. The summed E-state index contributed by atoms with van der Waals surface area (Å²) in [6.07, 6.45) is 0.589. The smallest absolute Gasteiger partial charge is 0.314 e. The molecule has 15 heavy (non-hydrogen) atoms. The van der Waals surface area contributed by atoms with Crippen molar-refractivity contribution in [3.05, 3.63) is 11.3 Å². The van der Waals surface area contributed by atoms with Gasteiger partial charge in [-0.1, -0.05) is 0 Å². The third-order valence-corrected chi connectivity index (χ3v) is 2.46. The molecule has 5 heteroatoms. The first-order chi connectivity index (χ1) is 7.15. The quantitative estimate of drug-likeness (QED) is 0.457. The number of carbonyl (C=O) groups excluding carboxylic acids is 1. The minimum atomic E-state index is -0.478. The van der Waals surface area contributed by atoms with Gasteiger partial charge in [-0.3, -0.25) is 4.79 Å². The molecule has 0 aliphatic carbocycles. The molecule has 1 aliphatic heterocycles. The number of hydrogen-bond donors (Lipinski definition) is 0. The Labute approximate surface area is 88.1 Å². The Bertz CT molecular complexity index is 370. The summed E-state index contributed by atoms with van der Waals surface area (Å²) in [5.41, 5.74) is 0.470. The molecule has 78 valence electrons. The lowest BCUT2D eigenvalue weighted by Gasteiger charge is -2.15. The molecule has 0 N–H and O–H groups in total. The third-order valence-electron chi connectivity index (χ3n) is 2.46. The van der Waals surface area contributed by atoms with Gasteiger partial charge in [-0.05, 0) is 6.42 Å². The van der Waals surface area contributed by atoms with Gasteiger partial charge in [0.2, 0.25) is 0 Å². The monoisotopic (exact) mass is 205 g/mol. The summed E-state index contributed by atoms with van der Waals surface area (Å²) < 4.78 is 4.63. The van der Waals surface area contributed by atoms with Gasteiger partial charge in [0.25, 0.3) is 0 Å². The van der Waals surface area contributed by atoms with Crippen LogP contribution in [0, 0.1) is 28.6 Å². The summed E-state index contributed by atoms with van der Waals surface area (Å²) in [6.45, 7) is 0.655. The lowest BCUT2D eigenvalue weighted by atomic mass is 10.0. The molecule has 0 bridgehead atoms. The molecule has 1 saturated heterocycles. The Morgan fingerprint density at radius 3 is 2.60 bits per heavy atom. The first-order valence-corrected chi connectivity index (χ1v) is 4.49. The van der Waals surface area contributed by atoms with Gasteiger partial charge >= 0.3 is 5.97 Å². The number of likely N-dealkylation sites (tertiary alicyclic amines) is 1. The van der Waals surface area contributed by atoms with Gasteiger partial charge in [-0.25, -0.2) is 0 Å². The van der Waals surface area contributed by atoms with E-state index in [1.807, 2.05) is 0 Å². The summed E-state index contributed by atoms with van der Waals surface area (Å²) in [5, 5.41) is 17.5. The summed E-state index contributed by atoms with van der Waals surface area (Å²) >= 11 is 0. The fourth-order valence-electron chi connectivity index (χ4n) is 1.72. The molecule has 0 aromatic rings. The molecule has 1 atom stereocenters. The summed E-state index contributed by atoms with van der Waals surface area (Å²) in [6, 6.07) is 3.60. The van der Waals surface area contributed by atoms with Gasteiger partial charge in [0, 0.05) is 13.6 Å². The Hall–Kier alpha value is -2.01. The molecule has 1 fully saturated rings. The van der Waals surface area contributed by atoms with Crippen molar-refractivity contribution in [1.29, 1.82) is 10.5 Å². The highest BCUT2D eigenvalue weighted by molar-refractivity contribution is 5.77. The SMILES string of the molecule is COC(=O)[C@H]1CCN(C)C1=C(C#N)C#N. The molecule has 1 rings (SSSR count). The molecular formula is C10H11N3O2. The fourth-order valence-corrected chi connectivity index (χ4v) is 1.72. The first-order valence-electron chi connectivity index (χ1n) is 4.49. The van der Waals surface area contributed by atoms with Crippen molar-refractivity contribution < 1.29 is 9.53 Å². The number of nitriles is 2. The van der Waals surface area contributed by atoms with Crippen LogP contribution in [0.4, 0.5) is 0 Å². The van der Waals surface area contributed by atoms with Crippen LogP contribution in [0.3, 0.4) is 0 Å². The third kappa shape index (κ3) is 1.92. The van der Waals surface area contributed by atoms with E-state index in [2.05, 4.69) is 4.74 Å². The molecule has 1 heterocycles. The van der Waals surface area contributed by atoms with E-state index in [9.17, 15) is 4.79 Å². The van der Waals surface area contributed by atoms with Crippen molar-refractivity contribution in [2.75, 3.05) is 20.7 Å². The van der Waals surface area contributed by atoms with Crippen LogP contribution in [0.2, 0.25) is 0 Å². The van der Waals surface area contributed by atoms with Crippen molar-refractivity contribution in [2.45, 2.75) is 6.42 Å². The maximum absolute atomic E-state index is 11.4. The van der Waals surface area contributed by atoms with E-state index >= 15 is 0 Å². The fraction of sp³-hybridized carbons (Fsp3) is 0.500. The van der Waals surface area contributed by atoms with E-state index < -0.39 is 11.9 Å². The number of esters is 1. The second kappa shape index (κ2) is 4.47. The molecule has 0 radical (unpaired) electrons. The summed E-state index contributed by atoms with van der Waals surface area (Å²) in [7, 11) is 3.06. The number of rotatable bonds is 1. The van der Waals surface area contributed by atoms with Gasteiger partial charge in [0.1, 0.15) is 23.6 Å². The first kappa shape index (κ1) is 11.1. The molecule has 0 spiro atoms. The van der Waals surface area contributed by atoms with Gasteiger partial charge in [-0.15, -0.1) is 0 Å². The van der Waals surface area contributed by atoms with Crippen LogP contribution in [0.25, 0.3) is 0 Å². The van der Waals surface area contributed by atoms with E-state index in [0.29, 0.717) is 18.7 Å². The lowest BCUT2D eigenvalue weighted by Crippen LogP contribution is -2.20. The van der Waals surface area contributed by atoms with E-state index in [1.165, 1.54) is 7.11 Å². The highest BCUT2D eigenvalue weighted by Gasteiger charge is 2.34. The van der Waals surface area contributed by atoms with Crippen LogP contribution in [0.1, 0.15) is 6.42 Å². The van der Waals surface area contributed by atoms with Gasteiger partial charge < -0.3 is 9.64 Å². The second-order valence-electron chi connectivity index (χ2n) is 3.27. The van der Waals surface area contributed by atoms with Crippen LogP contribution in [-0.4, -0.2) is 31.6 Å². The second-order valence-corrected chi connectivity index (χ2v) is 3.27. The zero-order valence-electron chi connectivity index (χ0n) is 8.65. The van der Waals surface area contributed by atoms with E-state index in [-0.39, 0.29) is 5.57 Å². The Morgan fingerprint density at radius 1 is 1.53 bits per heavy atom. The average Bonchev–Trinajstić information content (AvgIpc) is 2.62. The predicted molar refractivity (Wildman–Crippen MR) is 51.0 cm³/mol. The number of ether oxygens (including phenoxy) is 1. The normalized spacial score (nSPS) is 19.3. The predicted octanol–water partition coefficient (Wildman–Crippen LogP) is 0.412. The van der Waals surface area contributed by atoms with Crippen LogP contribution in [-0.2, 0) is 9.53 Å². The van der Waals surface area contributed by atoms with E-state index in [0.717, 1.165) is 0 Å². The minimum Gasteiger partial charge on any atom is -0.469 e. The summed E-state index contributed by atoms with van der Waals surface area (Å²) in [5.74, 6) is -0.869. The Kier molecular flexibility index (Phi) is 3.30. The highest BCUT2D eigenvalue weighted by Crippen LogP contribution is 2.29. The van der Waals surface area contributed by atoms with E-state index in [4.69, 9.17) is 10.5 Å². The number of hydrogen-bond acceptors (Lipinski definition) is 5. The number of methoxy groups -OCH3 is 1. The van der Waals surface area contributed by atoms with Crippen LogP contribution in [0.15, 0.2) is 11.3 Å².